The highest BCUT2D eigenvalue weighted by atomic mass is 16.5. The van der Waals surface area contributed by atoms with Crippen LogP contribution in [-0.4, -0.2) is 44.3 Å². The normalized spacial score (nSPS) is 20.9. The van der Waals surface area contributed by atoms with Crippen LogP contribution in [0.4, 0.5) is 0 Å². The molecule has 0 aromatic rings. The monoisotopic (exact) mass is 240 g/mol. The van der Waals surface area contributed by atoms with E-state index in [0.29, 0.717) is 0 Å². The second kappa shape index (κ2) is 7.72. The van der Waals surface area contributed by atoms with Crippen molar-refractivity contribution in [2.75, 3.05) is 33.3 Å². The van der Waals surface area contributed by atoms with Crippen molar-refractivity contribution in [1.29, 1.82) is 0 Å². The first-order valence-corrected chi connectivity index (χ1v) is 6.84. The molecule has 0 unspecified atom stereocenters. The molecule has 0 aromatic heterocycles. The molecule has 1 rings (SSSR count). The molecule has 1 aliphatic heterocycles. The van der Waals surface area contributed by atoms with Gasteiger partial charge in [-0.2, -0.15) is 0 Å². The van der Waals surface area contributed by atoms with Crippen LogP contribution in [-0.2, 0) is 4.74 Å². The van der Waals surface area contributed by atoms with E-state index in [-0.39, 0.29) is 6.10 Å². The summed E-state index contributed by atoms with van der Waals surface area (Å²) in [7, 11) is 1.96. The van der Waals surface area contributed by atoms with Crippen LogP contribution < -0.4 is 5.32 Å². The zero-order valence-corrected chi connectivity index (χ0v) is 11.9. The number of piperidine rings is 1. The molecule has 17 heavy (non-hydrogen) atoms. The molecular formula is C14H28N2O. The van der Waals surface area contributed by atoms with E-state index in [1.54, 1.807) is 0 Å². The van der Waals surface area contributed by atoms with E-state index in [0.717, 1.165) is 13.2 Å². The van der Waals surface area contributed by atoms with Crippen molar-refractivity contribution in [2.45, 2.75) is 46.1 Å². The van der Waals surface area contributed by atoms with E-state index < -0.39 is 0 Å². The van der Waals surface area contributed by atoms with Crippen molar-refractivity contribution in [3.63, 3.8) is 0 Å². The van der Waals surface area contributed by atoms with Crippen molar-refractivity contribution in [3.05, 3.63) is 11.3 Å². The van der Waals surface area contributed by atoms with Crippen LogP contribution in [0, 0.1) is 0 Å². The van der Waals surface area contributed by atoms with Crippen LogP contribution in [0.5, 0.6) is 0 Å². The molecule has 3 heteroatoms. The second-order valence-corrected chi connectivity index (χ2v) is 4.97. The van der Waals surface area contributed by atoms with E-state index in [4.69, 9.17) is 4.74 Å². The highest BCUT2D eigenvalue weighted by Gasteiger charge is 2.11. The van der Waals surface area contributed by atoms with Gasteiger partial charge in [-0.1, -0.05) is 6.42 Å². The lowest BCUT2D eigenvalue weighted by atomic mass is 10.1. The average molecular weight is 240 g/mol. The Bertz CT molecular complexity index is 245. The van der Waals surface area contributed by atoms with E-state index in [1.807, 2.05) is 7.05 Å². The Morgan fingerprint density at radius 3 is 2.47 bits per heavy atom. The summed E-state index contributed by atoms with van der Waals surface area (Å²) in [6.45, 7) is 10.8. The van der Waals surface area contributed by atoms with Crippen LogP contribution in [0.2, 0.25) is 0 Å². The van der Waals surface area contributed by atoms with Crippen LogP contribution in [0.3, 0.4) is 0 Å². The van der Waals surface area contributed by atoms with Crippen molar-refractivity contribution in [1.82, 2.24) is 10.2 Å². The van der Waals surface area contributed by atoms with Gasteiger partial charge in [-0.3, -0.25) is 0 Å². The van der Waals surface area contributed by atoms with Gasteiger partial charge in [-0.05, 0) is 52.3 Å². The summed E-state index contributed by atoms with van der Waals surface area (Å²) in [6, 6.07) is 0. The molecule has 0 saturated carbocycles. The van der Waals surface area contributed by atoms with E-state index in [9.17, 15) is 0 Å². The van der Waals surface area contributed by atoms with Gasteiger partial charge in [0.2, 0.25) is 0 Å². The van der Waals surface area contributed by atoms with Gasteiger partial charge in [-0.25, -0.2) is 0 Å². The minimum Gasteiger partial charge on any atom is -0.392 e. The third-order valence-electron chi connectivity index (χ3n) is 3.80. The Hall–Kier alpha value is -0.540. The SMILES string of the molecule is CN/C(C)=C(\C)[C@H](C)OCCN1CCCCC1. The van der Waals surface area contributed by atoms with Crippen molar-refractivity contribution >= 4 is 0 Å². The van der Waals surface area contributed by atoms with E-state index >= 15 is 0 Å². The molecule has 1 N–H and O–H groups in total. The molecule has 0 aromatic carbocycles. The Balaban J connectivity index is 2.21. The number of rotatable bonds is 6. The summed E-state index contributed by atoms with van der Waals surface area (Å²) >= 11 is 0. The number of hydrogen-bond acceptors (Lipinski definition) is 3. The summed E-state index contributed by atoms with van der Waals surface area (Å²) in [6.07, 6.45) is 4.32. The largest absolute Gasteiger partial charge is 0.392 e. The molecule has 0 spiro atoms. The smallest absolute Gasteiger partial charge is 0.0774 e. The Morgan fingerprint density at radius 1 is 1.24 bits per heavy atom. The maximum atomic E-state index is 5.89. The van der Waals surface area contributed by atoms with Crippen molar-refractivity contribution < 1.29 is 4.74 Å². The fourth-order valence-corrected chi connectivity index (χ4v) is 2.17. The topological polar surface area (TPSA) is 24.5 Å². The molecule has 0 bridgehead atoms. The Kier molecular flexibility index (Phi) is 6.60. The first-order chi connectivity index (χ1) is 8.15. The number of allylic oxidation sites excluding steroid dienone is 1. The lowest BCUT2D eigenvalue weighted by Gasteiger charge is -2.27. The van der Waals surface area contributed by atoms with Gasteiger partial charge >= 0.3 is 0 Å². The summed E-state index contributed by atoms with van der Waals surface area (Å²) in [4.78, 5) is 2.51. The molecule has 100 valence electrons. The summed E-state index contributed by atoms with van der Waals surface area (Å²) in [5, 5.41) is 3.17. The van der Waals surface area contributed by atoms with Crippen LogP contribution in [0.25, 0.3) is 0 Å². The van der Waals surface area contributed by atoms with Gasteiger partial charge in [0.25, 0.3) is 0 Å². The summed E-state index contributed by atoms with van der Waals surface area (Å²) in [5.74, 6) is 0. The first kappa shape index (κ1) is 14.5. The number of nitrogens with zero attached hydrogens (tertiary/aromatic N) is 1. The summed E-state index contributed by atoms with van der Waals surface area (Å²) in [5.41, 5.74) is 2.52. The number of hydrogen-bond donors (Lipinski definition) is 1. The molecule has 1 atom stereocenters. The van der Waals surface area contributed by atoms with Gasteiger partial charge in [0.05, 0.1) is 12.7 Å². The Labute approximate surface area is 106 Å². The molecule has 1 saturated heterocycles. The van der Waals surface area contributed by atoms with Gasteiger partial charge in [-0.15, -0.1) is 0 Å². The third kappa shape index (κ3) is 5.09. The average Bonchev–Trinajstić information content (AvgIpc) is 2.38. The molecule has 1 aliphatic rings. The molecule has 1 fully saturated rings. The van der Waals surface area contributed by atoms with Crippen molar-refractivity contribution in [3.8, 4) is 0 Å². The van der Waals surface area contributed by atoms with Gasteiger partial charge in [0.15, 0.2) is 0 Å². The predicted molar refractivity (Wildman–Crippen MR) is 73.1 cm³/mol. The minimum atomic E-state index is 0.215. The number of likely N-dealkylation sites (tertiary alicyclic amines) is 1. The quantitative estimate of drug-likeness (QED) is 0.771. The van der Waals surface area contributed by atoms with Crippen LogP contribution in [0.15, 0.2) is 11.3 Å². The van der Waals surface area contributed by atoms with Crippen molar-refractivity contribution in [2.24, 2.45) is 0 Å². The predicted octanol–water partition coefficient (Wildman–Crippen LogP) is 2.39. The molecule has 0 aliphatic carbocycles. The van der Waals surface area contributed by atoms with Gasteiger partial charge in [0, 0.05) is 19.3 Å². The van der Waals surface area contributed by atoms with Gasteiger partial charge < -0.3 is 15.0 Å². The Morgan fingerprint density at radius 2 is 1.88 bits per heavy atom. The highest BCUT2D eigenvalue weighted by Crippen LogP contribution is 2.11. The molecule has 0 amide bonds. The fraction of sp³-hybridized carbons (Fsp3) is 0.857. The summed E-state index contributed by atoms with van der Waals surface area (Å²) < 4.78 is 5.89. The number of ether oxygens (including phenoxy) is 1. The third-order valence-corrected chi connectivity index (χ3v) is 3.80. The fourth-order valence-electron chi connectivity index (χ4n) is 2.17. The zero-order chi connectivity index (χ0) is 12.7. The minimum absolute atomic E-state index is 0.215. The second-order valence-electron chi connectivity index (χ2n) is 4.97. The molecule has 3 nitrogen and oxygen atoms in total. The molecule has 1 heterocycles. The maximum Gasteiger partial charge on any atom is 0.0774 e. The van der Waals surface area contributed by atoms with Gasteiger partial charge in [0.1, 0.15) is 0 Å². The number of nitrogens with one attached hydrogen (secondary N) is 1. The first-order valence-electron chi connectivity index (χ1n) is 6.84. The lowest BCUT2D eigenvalue weighted by Crippen LogP contribution is -2.33. The van der Waals surface area contributed by atoms with Crippen LogP contribution in [0.1, 0.15) is 40.0 Å². The van der Waals surface area contributed by atoms with E-state index in [2.05, 4.69) is 31.0 Å². The maximum absolute atomic E-state index is 5.89. The standard InChI is InChI=1S/C14H28N2O/c1-12(13(2)15-4)14(3)17-11-10-16-8-6-5-7-9-16/h14-15H,5-11H2,1-4H3/b13-12+/t14-/m0/s1. The van der Waals surface area contributed by atoms with Crippen LogP contribution >= 0.6 is 0 Å². The highest BCUT2D eigenvalue weighted by molar-refractivity contribution is 5.11. The van der Waals surface area contributed by atoms with E-state index in [1.165, 1.54) is 43.6 Å². The molecular weight excluding hydrogens is 212 g/mol. The molecule has 0 radical (unpaired) electrons. The lowest BCUT2D eigenvalue weighted by molar-refractivity contribution is 0.0630. The zero-order valence-electron chi connectivity index (χ0n) is 11.9.